The molecule has 0 saturated heterocycles. The number of rotatable bonds is 6. The Morgan fingerprint density at radius 3 is 2.44 bits per heavy atom. The summed E-state index contributed by atoms with van der Waals surface area (Å²) in [7, 11) is 1.58. The van der Waals surface area contributed by atoms with Gasteiger partial charge in [0.1, 0.15) is 22.5 Å². The van der Waals surface area contributed by atoms with Crippen molar-refractivity contribution in [3.05, 3.63) is 101 Å². The number of fused-ring (bicyclic) bond motifs is 1. The van der Waals surface area contributed by atoms with Gasteiger partial charge in [0, 0.05) is 11.8 Å². The van der Waals surface area contributed by atoms with E-state index in [4.69, 9.17) is 9.47 Å². The highest BCUT2D eigenvalue weighted by Gasteiger charge is 2.21. The SMILES string of the molecule is COc1ccc(-c2nn(-c3ccccc3)cc2C(=O)OCn2nnc3ccccc3c2=O)cc1. The fourth-order valence-corrected chi connectivity index (χ4v) is 3.50. The smallest absolute Gasteiger partial charge is 0.343 e. The molecule has 9 nitrogen and oxygen atoms in total. The first kappa shape index (κ1) is 21.1. The zero-order valence-corrected chi connectivity index (χ0v) is 18.2. The van der Waals surface area contributed by atoms with Crippen molar-refractivity contribution in [1.82, 2.24) is 24.8 Å². The summed E-state index contributed by atoms with van der Waals surface area (Å²) in [4.78, 5) is 25.7. The summed E-state index contributed by atoms with van der Waals surface area (Å²) in [5.74, 6) is 0.0412. The summed E-state index contributed by atoms with van der Waals surface area (Å²) in [5, 5.41) is 12.9. The number of para-hydroxylation sites is 1. The van der Waals surface area contributed by atoms with E-state index in [1.165, 1.54) is 0 Å². The topological polar surface area (TPSA) is 101 Å². The summed E-state index contributed by atoms with van der Waals surface area (Å²) in [6.07, 6.45) is 1.60. The lowest BCUT2D eigenvalue weighted by Gasteiger charge is -2.07. The second-order valence-corrected chi connectivity index (χ2v) is 7.37. The predicted octanol–water partition coefficient (Wildman–Crippen LogP) is 3.47. The highest BCUT2D eigenvalue weighted by molar-refractivity contribution is 5.96. The minimum atomic E-state index is -0.644. The van der Waals surface area contributed by atoms with E-state index in [-0.39, 0.29) is 12.3 Å². The molecule has 0 fully saturated rings. The number of aromatic nitrogens is 5. The van der Waals surface area contributed by atoms with Crippen molar-refractivity contribution >= 4 is 16.9 Å². The molecule has 0 N–H and O–H groups in total. The molecule has 9 heteroatoms. The first-order chi connectivity index (χ1) is 16.6. The van der Waals surface area contributed by atoms with Gasteiger partial charge < -0.3 is 9.47 Å². The molecular weight excluding hydrogens is 434 g/mol. The number of hydrogen-bond donors (Lipinski definition) is 0. The van der Waals surface area contributed by atoms with E-state index in [2.05, 4.69) is 15.4 Å². The van der Waals surface area contributed by atoms with Crippen molar-refractivity contribution in [2.24, 2.45) is 0 Å². The van der Waals surface area contributed by atoms with Gasteiger partial charge in [0.05, 0.1) is 18.2 Å². The fraction of sp³-hybridized carbons (Fsp3) is 0.0800. The molecular formula is C25H19N5O4. The van der Waals surface area contributed by atoms with Gasteiger partial charge in [-0.15, -0.1) is 5.10 Å². The standard InChI is InChI=1S/C25H19N5O4/c1-33-19-13-11-17(12-14-19)23-21(15-29(27-23)18-7-3-2-4-8-18)25(32)34-16-30-24(31)20-9-5-6-10-22(20)26-28-30/h2-15H,16H2,1H3. The maximum absolute atomic E-state index is 13.1. The quantitative estimate of drug-likeness (QED) is 0.363. The lowest BCUT2D eigenvalue weighted by Crippen LogP contribution is -2.26. The minimum absolute atomic E-state index is 0.246. The van der Waals surface area contributed by atoms with Crippen LogP contribution < -0.4 is 10.3 Å². The molecule has 3 aromatic carbocycles. The van der Waals surface area contributed by atoms with Gasteiger partial charge in [-0.05, 0) is 48.5 Å². The summed E-state index contributed by atoms with van der Waals surface area (Å²) in [5.41, 5.74) is 2.26. The van der Waals surface area contributed by atoms with E-state index in [1.54, 1.807) is 54.4 Å². The first-order valence-corrected chi connectivity index (χ1v) is 10.4. The van der Waals surface area contributed by atoms with E-state index in [9.17, 15) is 9.59 Å². The van der Waals surface area contributed by atoms with E-state index >= 15 is 0 Å². The average Bonchev–Trinajstić information content (AvgIpc) is 3.35. The third kappa shape index (κ3) is 4.02. The number of hydrogen-bond acceptors (Lipinski definition) is 7. The molecule has 0 aliphatic rings. The molecule has 0 saturated carbocycles. The normalized spacial score (nSPS) is 10.9. The molecule has 0 radical (unpaired) electrons. The van der Waals surface area contributed by atoms with Gasteiger partial charge >= 0.3 is 5.97 Å². The Kier molecular flexibility index (Phi) is 5.57. The number of carbonyl (C=O) groups is 1. The zero-order chi connectivity index (χ0) is 23.5. The lowest BCUT2D eigenvalue weighted by atomic mass is 10.1. The minimum Gasteiger partial charge on any atom is -0.497 e. The van der Waals surface area contributed by atoms with Crippen LogP contribution in [-0.2, 0) is 11.5 Å². The van der Waals surface area contributed by atoms with Crippen LogP contribution in [0.25, 0.3) is 27.8 Å². The largest absolute Gasteiger partial charge is 0.497 e. The number of carbonyl (C=O) groups excluding carboxylic acids is 1. The molecule has 34 heavy (non-hydrogen) atoms. The van der Waals surface area contributed by atoms with Gasteiger partial charge in [-0.1, -0.05) is 35.5 Å². The lowest BCUT2D eigenvalue weighted by molar-refractivity contribution is 0.0337. The number of esters is 1. The molecule has 168 valence electrons. The van der Waals surface area contributed by atoms with Crippen molar-refractivity contribution in [1.29, 1.82) is 0 Å². The van der Waals surface area contributed by atoms with Crippen LogP contribution in [0, 0.1) is 0 Å². The van der Waals surface area contributed by atoms with Crippen LogP contribution in [0.2, 0.25) is 0 Å². The summed E-state index contributed by atoms with van der Waals surface area (Å²) >= 11 is 0. The van der Waals surface area contributed by atoms with Crippen LogP contribution in [0.3, 0.4) is 0 Å². The zero-order valence-electron chi connectivity index (χ0n) is 18.2. The Morgan fingerprint density at radius 1 is 0.941 bits per heavy atom. The molecule has 0 spiro atoms. The Morgan fingerprint density at radius 2 is 1.68 bits per heavy atom. The van der Waals surface area contributed by atoms with Crippen LogP contribution in [0.5, 0.6) is 5.75 Å². The highest BCUT2D eigenvalue weighted by Crippen LogP contribution is 2.26. The molecule has 0 atom stereocenters. The summed E-state index contributed by atoms with van der Waals surface area (Å²) in [6.45, 7) is -0.381. The van der Waals surface area contributed by atoms with Crippen molar-refractivity contribution in [3.63, 3.8) is 0 Å². The third-order valence-corrected chi connectivity index (χ3v) is 5.27. The molecule has 0 amide bonds. The number of methoxy groups -OCH3 is 1. The Hall–Kier alpha value is -4.79. The number of benzene rings is 3. The number of nitrogens with zero attached hydrogens (tertiary/aromatic N) is 5. The molecule has 5 rings (SSSR count). The first-order valence-electron chi connectivity index (χ1n) is 10.4. The van der Waals surface area contributed by atoms with E-state index < -0.39 is 11.5 Å². The van der Waals surface area contributed by atoms with Crippen molar-refractivity contribution in [2.45, 2.75) is 6.73 Å². The average molecular weight is 453 g/mol. The second-order valence-electron chi connectivity index (χ2n) is 7.37. The molecule has 0 aliphatic carbocycles. The fourth-order valence-electron chi connectivity index (χ4n) is 3.50. The maximum Gasteiger partial charge on any atom is 0.343 e. The van der Waals surface area contributed by atoms with Crippen LogP contribution in [0.4, 0.5) is 0 Å². The van der Waals surface area contributed by atoms with Crippen molar-refractivity contribution in [2.75, 3.05) is 7.11 Å². The highest BCUT2D eigenvalue weighted by atomic mass is 16.5. The molecule has 0 aliphatic heterocycles. The van der Waals surface area contributed by atoms with Crippen LogP contribution in [0.1, 0.15) is 10.4 Å². The molecule has 0 bridgehead atoms. The van der Waals surface area contributed by atoms with Crippen LogP contribution >= 0.6 is 0 Å². The van der Waals surface area contributed by atoms with Gasteiger partial charge in [-0.2, -0.15) is 9.78 Å². The van der Waals surface area contributed by atoms with Crippen LogP contribution in [0.15, 0.2) is 89.9 Å². The summed E-state index contributed by atoms with van der Waals surface area (Å²) < 4.78 is 13.3. The Labute approximate surface area is 193 Å². The Balaban J connectivity index is 1.48. The van der Waals surface area contributed by atoms with Gasteiger partial charge in [-0.3, -0.25) is 4.79 Å². The second kappa shape index (κ2) is 8.99. The molecule has 5 aromatic rings. The van der Waals surface area contributed by atoms with E-state index in [0.717, 1.165) is 10.4 Å². The van der Waals surface area contributed by atoms with Gasteiger partial charge in [0.25, 0.3) is 5.56 Å². The summed E-state index contributed by atoms with van der Waals surface area (Å²) in [6, 6.07) is 23.5. The van der Waals surface area contributed by atoms with Gasteiger partial charge in [-0.25, -0.2) is 9.48 Å². The molecule has 0 unspecified atom stereocenters. The van der Waals surface area contributed by atoms with Crippen molar-refractivity contribution < 1.29 is 14.3 Å². The van der Waals surface area contributed by atoms with Gasteiger partial charge in [0.2, 0.25) is 0 Å². The Bertz CT molecular complexity index is 1530. The molecule has 2 aromatic heterocycles. The predicted molar refractivity (Wildman–Crippen MR) is 125 cm³/mol. The maximum atomic E-state index is 13.1. The van der Waals surface area contributed by atoms with Crippen molar-refractivity contribution in [3.8, 4) is 22.7 Å². The monoisotopic (exact) mass is 453 g/mol. The van der Waals surface area contributed by atoms with Crippen LogP contribution in [-0.4, -0.2) is 37.9 Å². The molecule has 2 heterocycles. The van der Waals surface area contributed by atoms with Gasteiger partial charge in [0.15, 0.2) is 6.73 Å². The van der Waals surface area contributed by atoms with E-state index in [1.807, 2.05) is 42.5 Å². The number of ether oxygens (including phenoxy) is 2. The third-order valence-electron chi connectivity index (χ3n) is 5.27. The van der Waals surface area contributed by atoms with E-state index in [0.29, 0.717) is 27.9 Å².